The summed E-state index contributed by atoms with van der Waals surface area (Å²) in [6, 6.07) is 3.58. The molecule has 0 bridgehead atoms. The predicted octanol–water partition coefficient (Wildman–Crippen LogP) is 2.13. The van der Waals surface area contributed by atoms with E-state index in [9.17, 15) is 4.79 Å². The van der Waals surface area contributed by atoms with Crippen molar-refractivity contribution in [1.82, 2.24) is 4.98 Å². The first-order valence-corrected chi connectivity index (χ1v) is 5.43. The molecule has 0 aliphatic rings. The number of amides is 1. The molecule has 0 aliphatic heterocycles. The molecule has 4 nitrogen and oxygen atoms in total. The number of ether oxygens (including phenoxy) is 1. The first-order valence-electron chi connectivity index (χ1n) is 4.64. The minimum Gasteiger partial charge on any atom is -0.372 e. The van der Waals surface area contributed by atoms with Crippen LogP contribution in [-0.2, 0) is 9.53 Å². The molecule has 1 amide bonds. The van der Waals surface area contributed by atoms with Crippen molar-refractivity contribution in [3.63, 3.8) is 0 Å². The number of nitrogens with zero attached hydrogens (tertiary/aromatic N) is 1. The van der Waals surface area contributed by atoms with Crippen LogP contribution in [0, 0.1) is 6.92 Å². The molecule has 0 aromatic carbocycles. The van der Waals surface area contributed by atoms with E-state index in [-0.39, 0.29) is 12.5 Å². The summed E-state index contributed by atoms with van der Waals surface area (Å²) in [4.78, 5) is 15.5. The number of rotatable bonds is 4. The number of aryl methyl sites for hydroxylation is 1. The minimum absolute atomic E-state index is 0.0754. The molecule has 0 unspecified atom stereocenters. The highest BCUT2D eigenvalue weighted by molar-refractivity contribution is 9.10. The summed E-state index contributed by atoms with van der Waals surface area (Å²) >= 11 is 3.26. The molecule has 82 valence electrons. The van der Waals surface area contributed by atoms with Crippen LogP contribution in [0.5, 0.6) is 0 Å². The first-order chi connectivity index (χ1) is 7.13. The molecule has 15 heavy (non-hydrogen) atoms. The number of anilines is 1. The van der Waals surface area contributed by atoms with E-state index in [1.54, 1.807) is 12.1 Å². The molecule has 0 radical (unpaired) electrons. The van der Waals surface area contributed by atoms with Crippen molar-refractivity contribution in [3.8, 4) is 0 Å². The monoisotopic (exact) mass is 272 g/mol. The normalized spacial score (nSPS) is 10.1. The van der Waals surface area contributed by atoms with E-state index in [2.05, 4.69) is 26.2 Å². The highest BCUT2D eigenvalue weighted by Crippen LogP contribution is 2.15. The Hall–Kier alpha value is -0.940. The number of aromatic nitrogens is 1. The molecule has 1 rings (SSSR count). The van der Waals surface area contributed by atoms with Crippen LogP contribution in [0.2, 0.25) is 0 Å². The van der Waals surface area contributed by atoms with Gasteiger partial charge in [0, 0.05) is 6.61 Å². The van der Waals surface area contributed by atoms with E-state index in [0.29, 0.717) is 12.3 Å². The summed E-state index contributed by atoms with van der Waals surface area (Å²) in [5, 5.41) is 2.72. The van der Waals surface area contributed by atoms with Gasteiger partial charge in [0.1, 0.15) is 11.2 Å². The average molecular weight is 273 g/mol. The fraction of sp³-hybridized carbons (Fsp3) is 0.400. The summed E-state index contributed by atoms with van der Waals surface area (Å²) < 4.78 is 5.74. The zero-order chi connectivity index (χ0) is 11.3. The zero-order valence-corrected chi connectivity index (χ0v) is 10.3. The van der Waals surface area contributed by atoms with Gasteiger partial charge in [-0.25, -0.2) is 4.98 Å². The Kier molecular flexibility index (Phi) is 4.71. The molecule has 1 aromatic heterocycles. The van der Waals surface area contributed by atoms with Crippen molar-refractivity contribution in [2.45, 2.75) is 13.8 Å². The van der Waals surface area contributed by atoms with E-state index >= 15 is 0 Å². The number of nitrogens with one attached hydrogen (secondary N) is 1. The zero-order valence-electron chi connectivity index (χ0n) is 8.71. The third-order valence-electron chi connectivity index (χ3n) is 1.76. The van der Waals surface area contributed by atoms with E-state index in [1.165, 1.54) is 0 Å². The molecule has 1 heterocycles. The molecule has 0 aliphatic carbocycles. The summed E-state index contributed by atoms with van der Waals surface area (Å²) in [5.74, 6) is -0.163. The van der Waals surface area contributed by atoms with Crippen LogP contribution in [0.15, 0.2) is 16.7 Å². The Morgan fingerprint density at radius 3 is 2.93 bits per heavy atom. The van der Waals surface area contributed by atoms with Gasteiger partial charge in [-0.3, -0.25) is 4.79 Å². The lowest BCUT2D eigenvalue weighted by Gasteiger charge is -2.07. The SMILES string of the molecule is CCOCC(=O)Nc1ccc(Br)nc1C. The molecule has 0 spiro atoms. The lowest BCUT2D eigenvalue weighted by molar-refractivity contribution is -0.120. The standard InChI is InChI=1S/C10H13BrN2O2/c1-3-15-6-10(14)13-8-4-5-9(11)12-7(8)2/h4-5H,3,6H2,1-2H3,(H,13,14). The van der Waals surface area contributed by atoms with Crippen LogP contribution in [0.3, 0.4) is 0 Å². The lowest BCUT2D eigenvalue weighted by atomic mass is 10.3. The van der Waals surface area contributed by atoms with Crippen LogP contribution in [0.4, 0.5) is 5.69 Å². The highest BCUT2D eigenvalue weighted by Gasteiger charge is 2.05. The lowest BCUT2D eigenvalue weighted by Crippen LogP contribution is -2.19. The Labute approximate surface area is 97.2 Å². The Morgan fingerprint density at radius 1 is 1.60 bits per heavy atom. The Balaban J connectivity index is 2.60. The van der Waals surface area contributed by atoms with Crippen molar-refractivity contribution in [1.29, 1.82) is 0 Å². The fourth-order valence-corrected chi connectivity index (χ4v) is 1.44. The van der Waals surface area contributed by atoms with Gasteiger partial charge in [0.15, 0.2) is 0 Å². The summed E-state index contributed by atoms with van der Waals surface area (Å²) in [7, 11) is 0. The van der Waals surface area contributed by atoms with Gasteiger partial charge in [-0.1, -0.05) is 0 Å². The Morgan fingerprint density at radius 2 is 2.33 bits per heavy atom. The van der Waals surface area contributed by atoms with Gasteiger partial charge >= 0.3 is 0 Å². The van der Waals surface area contributed by atoms with E-state index in [1.807, 2.05) is 13.8 Å². The van der Waals surface area contributed by atoms with Gasteiger partial charge in [-0.15, -0.1) is 0 Å². The number of hydrogen-bond acceptors (Lipinski definition) is 3. The van der Waals surface area contributed by atoms with Gasteiger partial charge in [0.05, 0.1) is 11.4 Å². The van der Waals surface area contributed by atoms with Crippen molar-refractivity contribution in [2.24, 2.45) is 0 Å². The number of carbonyl (C=O) groups is 1. The number of halogens is 1. The molecule has 5 heteroatoms. The maximum absolute atomic E-state index is 11.3. The molecule has 0 saturated heterocycles. The fourth-order valence-electron chi connectivity index (χ4n) is 1.04. The minimum atomic E-state index is -0.163. The highest BCUT2D eigenvalue weighted by atomic mass is 79.9. The van der Waals surface area contributed by atoms with E-state index in [4.69, 9.17) is 4.74 Å². The van der Waals surface area contributed by atoms with Crippen LogP contribution < -0.4 is 5.32 Å². The summed E-state index contributed by atoms with van der Waals surface area (Å²) in [6.45, 7) is 4.29. The molecular formula is C10H13BrN2O2. The molecule has 0 saturated carbocycles. The van der Waals surface area contributed by atoms with Gasteiger partial charge in [-0.2, -0.15) is 0 Å². The second kappa shape index (κ2) is 5.82. The first kappa shape index (κ1) is 12.1. The second-order valence-corrected chi connectivity index (χ2v) is 3.76. The van der Waals surface area contributed by atoms with E-state index < -0.39 is 0 Å². The molecule has 1 aromatic rings. The van der Waals surface area contributed by atoms with Crippen LogP contribution in [0.25, 0.3) is 0 Å². The molecule has 0 fully saturated rings. The molecule has 1 N–H and O–H groups in total. The van der Waals surface area contributed by atoms with E-state index in [0.717, 1.165) is 10.3 Å². The van der Waals surface area contributed by atoms with Gasteiger partial charge in [0.2, 0.25) is 5.91 Å². The predicted molar refractivity (Wildman–Crippen MR) is 61.8 cm³/mol. The number of hydrogen-bond donors (Lipinski definition) is 1. The van der Waals surface area contributed by atoms with Crippen molar-refractivity contribution in [2.75, 3.05) is 18.5 Å². The van der Waals surface area contributed by atoms with Gasteiger partial charge in [-0.05, 0) is 41.9 Å². The van der Waals surface area contributed by atoms with Crippen LogP contribution in [-0.4, -0.2) is 24.1 Å². The maximum atomic E-state index is 11.3. The molecule has 0 atom stereocenters. The van der Waals surface area contributed by atoms with Gasteiger partial charge < -0.3 is 10.1 Å². The largest absolute Gasteiger partial charge is 0.372 e. The maximum Gasteiger partial charge on any atom is 0.250 e. The topological polar surface area (TPSA) is 51.2 Å². The van der Waals surface area contributed by atoms with Crippen LogP contribution >= 0.6 is 15.9 Å². The quantitative estimate of drug-likeness (QED) is 0.855. The second-order valence-electron chi connectivity index (χ2n) is 2.95. The number of carbonyl (C=O) groups excluding carboxylic acids is 1. The third kappa shape index (κ3) is 3.97. The molecular weight excluding hydrogens is 260 g/mol. The van der Waals surface area contributed by atoms with Crippen molar-refractivity contribution in [3.05, 3.63) is 22.4 Å². The van der Waals surface area contributed by atoms with Gasteiger partial charge in [0.25, 0.3) is 0 Å². The Bertz CT molecular complexity index is 355. The third-order valence-corrected chi connectivity index (χ3v) is 2.20. The van der Waals surface area contributed by atoms with Crippen LogP contribution in [0.1, 0.15) is 12.6 Å². The van der Waals surface area contributed by atoms with Crippen molar-refractivity contribution >= 4 is 27.5 Å². The average Bonchev–Trinajstić information content (AvgIpc) is 2.19. The smallest absolute Gasteiger partial charge is 0.250 e. The summed E-state index contributed by atoms with van der Waals surface area (Å²) in [5.41, 5.74) is 1.48. The van der Waals surface area contributed by atoms with Crippen molar-refractivity contribution < 1.29 is 9.53 Å². The summed E-state index contributed by atoms with van der Waals surface area (Å²) in [6.07, 6.45) is 0. The number of pyridine rings is 1.